The fourth-order valence-electron chi connectivity index (χ4n) is 3.20. The van der Waals surface area contributed by atoms with Gasteiger partial charge in [-0.1, -0.05) is 48.5 Å². The Morgan fingerprint density at radius 2 is 1.78 bits per heavy atom. The zero-order valence-electron chi connectivity index (χ0n) is 17.6. The number of anilines is 1. The number of amides is 1. The second kappa shape index (κ2) is 9.22. The third-order valence-corrected chi connectivity index (χ3v) is 4.91. The maximum absolute atomic E-state index is 13.2. The summed E-state index contributed by atoms with van der Waals surface area (Å²) in [5.41, 5.74) is 4.04. The van der Waals surface area contributed by atoms with Crippen molar-refractivity contribution in [3.63, 3.8) is 0 Å². The van der Waals surface area contributed by atoms with Gasteiger partial charge in [0.1, 0.15) is 6.33 Å². The second-order valence-electron chi connectivity index (χ2n) is 7.31. The van der Waals surface area contributed by atoms with Crippen LogP contribution in [-0.2, 0) is 9.53 Å². The minimum atomic E-state index is -1.12. The van der Waals surface area contributed by atoms with Crippen LogP contribution in [-0.4, -0.2) is 32.1 Å². The first-order chi connectivity index (χ1) is 15.5. The molecule has 0 saturated carbocycles. The van der Waals surface area contributed by atoms with E-state index in [1.807, 2.05) is 38.1 Å². The maximum Gasteiger partial charge on any atom is 0.339 e. The number of aromatic nitrogens is 4. The molecule has 0 bridgehead atoms. The summed E-state index contributed by atoms with van der Waals surface area (Å²) in [5, 5.41) is 13.9. The number of rotatable bonds is 6. The van der Waals surface area contributed by atoms with Crippen LogP contribution in [0.1, 0.15) is 33.2 Å². The minimum absolute atomic E-state index is 0.276. The van der Waals surface area contributed by atoms with Gasteiger partial charge in [-0.25, -0.2) is 9.48 Å². The summed E-state index contributed by atoms with van der Waals surface area (Å²) < 4.78 is 7.12. The Labute approximate surface area is 184 Å². The summed E-state index contributed by atoms with van der Waals surface area (Å²) in [6.45, 7) is 3.85. The minimum Gasteiger partial charge on any atom is -0.444 e. The molecule has 1 atom stereocenters. The average molecular weight is 427 g/mol. The molecule has 1 aromatic heterocycles. The number of aryl methyl sites for hydroxylation is 2. The monoisotopic (exact) mass is 427 g/mol. The van der Waals surface area contributed by atoms with Gasteiger partial charge in [-0.2, -0.15) is 0 Å². The zero-order valence-corrected chi connectivity index (χ0v) is 17.6. The molecule has 0 radical (unpaired) electrons. The highest BCUT2D eigenvalue weighted by Gasteiger charge is 2.26. The number of carbonyl (C=O) groups is 2. The average Bonchev–Trinajstić information content (AvgIpc) is 3.35. The molecular weight excluding hydrogens is 406 g/mol. The fourth-order valence-corrected chi connectivity index (χ4v) is 3.20. The highest BCUT2D eigenvalue weighted by atomic mass is 16.5. The molecule has 4 aromatic rings. The lowest BCUT2D eigenvalue weighted by Gasteiger charge is -2.19. The molecule has 0 fully saturated rings. The van der Waals surface area contributed by atoms with Crippen LogP contribution >= 0.6 is 0 Å². The first-order valence-corrected chi connectivity index (χ1v) is 9.99. The van der Waals surface area contributed by atoms with E-state index in [-0.39, 0.29) is 5.56 Å². The Morgan fingerprint density at radius 1 is 0.969 bits per heavy atom. The van der Waals surface area contributed by atoms with Crippen LogP contribution in [0.2, 0.25) is 0 Å². The number of hydrogen-bond acceptors (Lipinski definition) is 6. The summed E-state index contributed by atoms with van der Waals surface area (Å²) in [7, 11) is 0. The molecule has 1 heterocycles. The van der Waals surface area contributed by atoms with Crippen molar-refractivity contribution in [2.45, 2.75) is 20.0 Å². The molecule has 0 aliphatic rings. The van der Waals surface area contributed by atoms with Crippen molar-refractivity contribution in [3.8, 4) is 5.69 Å². The van der Waals surface area contributed by atoms with Crippen molar-refractivity contribution in [1.82, 2.24) is 20.2 Å². The summed E-state index contributed by atoms with van der Waals surface area (Å²) >= 11 is 0. The van der Waals surface area contributed by atoms with Gasteiger partial charge in [-0.05, 0) is 59.7 Å². The van der Waals surface area contributed by atoms with Crippen LogP contribution in [0.5, 0.6) is 0 Å². The van der Waals surface area contributed by atoms with Crippen molar-refractivity contribution in [1.29, 1.82) is 0 Å². The van der Waals surface area contributed by atoms with E-state index in [0.717, 1.165) is 11.1 Å². The highest BCUT2D eigenvalue weighted by molar-refractivity contribution is 5.98. The molecule has 0 aliphatic carbocycles. The van der Waals surface area contributed by atoms with E-state index < -0.39 is 18.0 Å². The van der Waals surface area contributed by atoms with Gasteiger partial charge in [0.2, 0.25) is 6.10 Å². The molecule has 1 N–H and O–H groups in total. The van der Waals surface area contributed by atoms with Crippen molar-refractivity contribution >= 4 is 17.6 Å². The van der Waals surface area contributed by atoms with Crippen LogP contribution in [0.15, 0.2) is 79.1 Å². The summed E-state index contributed by atoms with van der Waals surface area (Å²) in [5.74, 6) is -1.07. The van der Waals surface area contributed by atoms with Crippen molar-refractivity contribution < 1.29 is 14.3 Å². The number of nitrogens with one attached hydrogen (secondary N) is 1. The molecule has 0 spiro atoms. The first kappa shape index (κ1) is 20.9. The normalized spacial score (nSPS) is 11.6. The number of esters is 1. The lowest BCUT2D eigenvalue weighted by molar-refractivity contribution is -0.125. The Bertz CT molecular complexity index is 1240. The Kier molecular flexibility index (Phi) is 6.03. The quantitative estimate of drug-likeness (QED) is 0.470. The van der Waals surface area contributed by atoms with E-state index in [2.05, 4.69) is 20.8 Å². The van der Waals surface area contributed by atoms with Gasteiger partial charge in [0.05, 0.1) is 11.3 Å². The lowest BCUT2D eigenvalue weighted by Crippen LogP contribution is -2.26. The number of ether oxygens (including phenoxy) is 1. The van der Waals surface area contributed by atoms with E-state index in [1.165, 1.54) is 11.0 Å². The number of hydrogen-bond donors (Lipinski definition) is 1. The van der Waals surface area contributed by atoms with E-state index >= 15 is 0 Å². The number of tetrazole rings is 1. The molecule has 160 valence electrons. The molecule has 0 aliphatic heterocycles. The van der Waals surface area contributed by atoms with Crippen molar-refractivity contribution in [2.75, 3.05) is 5.32 Å². The van der Waals surface area contributed by atoms with E-state index in [4.69, 9.17) is 4.74 Å². The smallest absolute Gasteiger partial charge is 0.339 e. The van der Waals surface area contributed by atoms with Crippen molar-refractivity contribution in [2.24, 2.45) is 0 Å². The van der Waals surface area contributed by atoms with Gasteiger partial charge in [0.25, 0.3) is 5.91 Å². The van der Waals surface area contributed by atoms with Gasteiger partial charge in [0.15, 0.2) is 0 Å². The van der Waals surface area contributed by atoms with Gasteiger partial charge in [-0.3, -0.25) is 4.79 Å². The van der Waals surface area contributed by atoms with Crippen LogP contribution in [0, 0.1) is 13.8 Å². The number of nitrogens with zero attached hydrogens (tertiary/aromatic N) is 4. The largest absolute Gasteiger partial charge is 0.444 e. The Hall–Kier alpha value is -4.33. The first-order valence-electron chi connectivity index (χ1n) is 9.99. The molecule has 8 heteroatoms. The molecule has 32 heavy (non-hydrogen) atoms. The molecule has 8 nitrogen and oxygen atoms in total. The van der Waals surface area contributed by atoms with Crippen LogP contribution in [0.3, 0.4) is 0 Å². The van der Waals surface area contributed by atoms with Crippen LogP contribution < -0.4 is 5.32 Å². The molecule has 4 rings (SSSR count). The van der Waals surface area contributed by atoms with Crippen LogP contribution in [0.25, 0.3) is 5.69 Å². The molecule has 0 unspecified atom stereocenters. The number of benzene rings is 3. The number of carbonyl (C=O) groups excluding carboxylic acids is 2. The standard InChI is InChI=1S/C24H21N5O3/c1-16-11-12-17(2)21(13-16)26-23(30)22(18-7-4-3-5-8-18)32-24(31)19-9-6-10-20(14-19)29-15-25-27-28-29/h3-15,22H,1-2H3,(H,26,30)/t22-/m0/s1. The van der Waals surface area contributed by atoms with E-state index in [0.29, 0.717) is 16.9 Å². The van der Waals surface area contributed by atoms with Gasteiger partial charge in [0, 0.05) is 11.3 Å². The third-order valence-electron chi connectivity index (χ3n) is 4.91. The highest BCUT2D eigenvalue weighted by Crippen LogP contribution is 2.24. The van der Waals surface area contributed by atoms with E-state index in [1.54, 1.807) is 48.5 Å². The van der Waals surface area contributed by atoms with E-state index in [9.17, 15) is 9.59 Å². The molecule has 1 amide bonds. The second-order valence-corrected chi connectivity index (χ2v) is 7.31. The van der Waals surface area contributed by atoms with Gasteiger partial charge in [-0.15, -0.1) is 5.10 Å². The van der Waals surface area contributed by atoms with Gasteiger partial charge >= 0.3 is 5.97 Å². The SMILES string of the molecule is Cc1ccc(C)c(NC(=O)[C@@H](OC(=O)c2cccc(-n3cnnn3)c2)c2ccccc2)c1. The lowest BCUT2D eigenvalue weighted by atomic mass is 10.1. The van der Waals surface area contributed by atoms with Crippen molar-refractivity contribution in [3.05, 3.63) is 101 Å². The zero-order chi connectivity index (χ0) is 22.5. The topological polar surface area (TPSA) is 99.0 Å². The van der Waals surface area contributed by atoms with Crippen LogP contribution in [0.4, 0.5) is 5.69 Å². The maximum atomic E-state index is 13.2. The Morgan fingerprint density at radius 3 is 2.53 bits per heavy atom. The summed E-state index contributed by atoms with van der Waals surface area (Å²) in [6, 6.07) is 21.4. The summed E-state index contributed by atoms with van der Waals surface area (Å²) in [6.07, 6.45) is 0.301. The predicted molar refractivity (Wildman–Crippen MR) is 118 cm³/mol. The third kappa shape index (κ3) is 4.70. The molecule has 0 saturated heterocycles. The summed E-state index contributed by atoms with van der Waals surface area (Å²) in [4.78, 5) is 26.1. The molecule has 3 aromatic carbocycles. The predicted octanol–water partition coefficient (Wildman–Crippen LogP) is 3.82. The fraction of sp³-hybridized carbons (Fsp3) is 0.125. The van der Waals surface area contributed by atoms with Gasteiger partial charge < -0.3 is 10.1 Å². The Balaban J connectivity index is 1.60. The molecular formula is C24H21N5O3.